The van der Waals surface area contributed by atoms with E-state index < -0.39 is 5.97 Å². The molecule has 0 atom stereocenters. The van der Waals surface area contributed by atoms with Gasteiger partial charge in [-0.15, -0.1) is 0 Å². The lowest BCUT2D eigenvalue weighted by atomic mass is 10.1. The third kappa shape index (κ3) is 1.76. The maximum Gasteiger partial charge on any atom is 0.354 e. The Morgan fingerprint density at radius 3 is 2.75 bits per heavy atom. The molecule has 0 radical (unpaired) electrons. The van der Waals surface area contributed by atoms with Gasteiger partial charge in [0.2, 0.25) is 0 Å². The van der Waals surface area contributed by atoms with E-state index in [4.69, 9.17) is 10.4 Å². The number of nitrogens with zero attached hydrogens (tertiary/aromatic N) is 5. The zero-order chi connectivity index (χ0) is 14.1. The first-order chi connectivity index (χ1) is 9.70. The van der Waals surface area contributed by atoms with Crippen LogP contribution in [0, 0.1) is 11.3 Å². The van der Waals surface area contributed by atoms with Gasteiger partial charge in [0, 0.05) is 18.0 Å². The monoisotopic (exact) mass is 265 g/mol. The Kier molecular flexibility index (Phi) is 2.62. The molecule has 3 aromatic rings. The number of pyridine rings is 1. The highest BCUT2D eigenvalue weighted by Gasteiger charge is 2.15. The van der Waals surface area contributed by atoms with Gasteiger partial charge in [0.05, 0.1) is 11.9 Å². The zero-order valence-electron chi connectivity index (χ0n) is 10.1. The van der Waals surface area contributed by atoms with Gasteiger partial charge in [-0.05, 0) is 18.2 Å². The Balaban J connectivity index is 2.39. The molecule has 0 aromatic carbocycles. The summed E-state index contributed by atoms with van der Waals surface area (Å²) in [6, 6.07) is 6.82. The smallest absolute Gasteiger partial charge is 0.354 e. The van der Waals surface area contributed by atoms with Crippen LogP contribution in [0.25, 0.3) is 16.9 Å². The first-order valence-corrected chi connectivity index (χ1v) is 5.63. The SMILES string of the molecule is N#Cc1cnn2c(-c3ccncc3)cc(C(=O)O)nc12. The van der Waals surface area contributed by atoms with Crippen molar-refractivity contribution in [2.45, 2.75) is 0 Å². The molecule has 0 unspecified atom stereocenters. The molecule has 0 spiro atoms. The molecule has 0 fully saturated rings. The van der Waals surface area contributed by atoms with Crippen molar-refractivity contribution < 1.29 is 9.90 Å². The van der Waals surface area contributed by atoms with E-state index in [0.29, 0.717) is 5.69 Å². The summed E-state index contributed by atoms with van der Waals surface area (Å²) in [6.07, 6.45) is 4.55. The zero-order valence-corrected chi connectivity index (χ0v) is 10.1. The van der Waals surface area contributed by atoms with Crippen molar-refractivity contribution in [3.05, 3.63) is 48.0 Å². The number of fused-ring (bicyclic) bond motifs is 1. The van der Waals surface area contributed by atoms with Crippen molar-refractivity contribution in [1.82, 2.24) is 19.6 Å². The van der Waals surface area contributed by atoms with Gasteiger partial charge >= 0.3 is 5.97 Å². The highest BCUT2D eigenvalue weighted by atomic mass is 16.4. The molecule has 3 rings (SSSR count). The second kappa shape index (κ2) is 4.44. The summed E-state index contributed by atoms with van der Waals surface area (Å²) in [6.45, 7) is 0. The maximum absolute atomic E-state index is 11.2. The number of aromatic carboxylic acids is 1. The predicted octanol–water partition coefficient (Wildman–Crippen LogP) is 1.36. The van der Waals surface area contributed by atoms with Crippen LogP contribution in [0.2, 0.25) is 0 Å². The largest absolute Gasteiger partial charge is 0.477 e. The lowest BCUT2D eigenvalue weighted by Crippen LogP contribution is -2.05. The van der Waals surface area contributed by atoms with Crippen molar-refractivity contribution in [2.75, 3.05) is 0 Å². The number of nitriles is 1. The summed E-state index contributed by atoms with van der Waals surface area (Å²) < 4.78 is 1.44. The Morgan fingerprint density at radius 2 is 2.10 bits per heavy atom. The second-order valence-electron chi connectivity index (χ2n) is 3.97. The fourth-order valence-electron chi connectivity index (χ4n) is 1.88. The average Bonchev–Trinajstić information content (AvgIpc) is 2.90. The Morgan fingerprint density at radius 1 is 1.35 bits per heavy atom. The lowest BCUT2D eigenvalue weighted by molar-refractivity contribution is 0.0690. The molecule has 3 aromatic heterocycles. The molecule has 0 aliphatic heterocycles. The average molecular weight is 265 g/mol. The molecular weight excluding hydrogens is 258 g/mol. The highest BCUT2D eigenvalue weighted by molar-refractivity contribution is 5.88. The molecule has 7 heteroatoms. The predicted molar refractivity (Wildman–Crippen MR) is 67.9 cm³/mol. The van der Waals surface area contributed by atoms with Crippen LogP contribution in [0.15, 0.2) is 36.8 Å². The molecule has 7 nitrogen and oxygen atoms in total. The molecule has 0 saturated heterocycles. The van der Waals surface area contributed by atoms with Gasteiger partial charge in [-0.25, -0.2) is 14.3 Å². The van der Waals surface area contributed by atoms with E-state index in [1.54, 1.807) is 24.5 Å². The summed E-state index contributed by atoms with van der Waals surface area (Å²) in [5.74, 6) is -1.16. The number of hydrogen-bond donors (Lipinski definition) is 1. The Labute approximate surface area is 112 Å². The lowest BCUT2D eigenvalue weighted by Gasteiger charge is -2.06. The molecule has 20 heavy (non-hydrogen) atoms. The van der Waals surface area contributed by atoms with Gasteiger partial charge in [0.25, 0.3) is 0 Å². The number of hydrogen-bond acceptors (Lipinski definition) is 5. The summed E-state index contributed by atoms with van der Waals surface area (Å²) in [7, 11) is 0. The first kappa shape index (κ1) is 11.8. The fraction of sp³-hybridized carbons (Fsp3) is 0. The van der Waals surface area contributed by atoms with Gasteiger partial charge < -0.3 is 5.11 Å². The molecule has 0 amide bonds. The van der Waals surface area contributed by atoms with Crippen LogP contribution in [-0.2, 0) is 0 Å². The van der Waals surface area contributed by atoms with E-state index >= 15 is 0 Å². The van der Waals surface area contributed by atoms with E-state index in [0.717, 1.165) is 5.56 Å². The number of aromatic nitrogens is 4. The summed E-state index contributed by atoms with van der Waals surface area (Å²) in [4.78, 5) is 19.0. The quantitative estimate of drug-likeness (QED) is 0.750. The molecule has 96 valence electrons. The van der Waals surface area contributed by atoms with Crippen LogP contribution in [0.5, 0.6) is 0 Å². The second-order valence-corrected chi connectivity index (χ2v) is 3.97. The molecule has 0 bridgehead atoms. The third-order valence-electron chi connectivity index (χ3n) is 2.79. The number of carboxylic acid groups (broad SMARTS) is 1. The van der Waals surface area contributed by atoms with Crippen molar-refractivity contribution in [3.8, 4) is 17.3 Å². The Bertz CT molecular complexity index is 848. The number of carbonyl (C=O) groups is 1. The topological polar surface area (TPSA) is 104 Å². The Hall–Kier alpha value is -3.27. The minimum atomic E-state index is -1.16. The van der Waals surface area contributed by atoms with E-state index in [2.05, 4.69) is 15.1 Å². The van der Waals surface area contributed by atoms with Crippen molar-refractivity contribution >= 4 is 11.6 Å². The van der Waals surface area contributed by atoms with Crippen LogP contribution in [0.3, 0.4) is 0 Å². The summed E-state index contributed by atoms with van der Waals surface area (Å²) in [5, 5.41) is 22.2. The van der Waals surface area contributed by atoms with Gasteiger partial charge in [0.15, 0.2) is 11.3 Å². The van der Waals surface area contributed by atoms with E-state index in [9.17, 15) is 4.79 Å². The normalized spacial score (nSPS) is 10.3. The minimum absolute atomic E-state index is 0.138. The van der Waals surface area contributed by atoms with E-state index in [1.807, 2.05) is 6.07 Å². The van der Waals surface area contributed by atoms with Gasteiger partial charge in [-0.2, -0.15) is 10.4 Å². The first-order valence-electron chi connectivity index (χ1n) is 5.63. The molecule has 0 aliphatic carbocycles. The van der Waals surface area contributed by atoms with Crippen molar-refractivity contribution in [2.24, 2.45) is 0 Å². The van der Waals surface area contributed by atoms with E-state index in [-0.39, 0.29) is 16.9 Å². The van der Waals surface area contributed by atoms with Crippen molar-refractivity contribution in [1.29, 1.82) is 5.26 Å². The minimum Gasteiger partial charge on any atom is -0.477 e. The van der Waals surface area contributed by atoms with Gasteiger partial charge in [0.1, 0.15) is 11.6 Å². The fourth-order valence-corrected chi connectivity index (χ4v) is 1.88. The summed E-state index contributed by atoms with van der Waals surface area (Å²) >= 11 is 0. The van der Waals surface area contributed by atoms with Crippen LogP contribution < -0.4 is 0 Å². The number of carboxylic acids is 1. The molecule has 0 aliphatic rings. The maximum atomic E-state index is 11.2. The molecule has 3 heterocycles. The summed E-state index contributed by atoms with van der Waals surface area (Å²) in [5.41, 5.74) is 1.59. The number of rotatable bonds is 2. The van der Waals surface area contributed by atoms with Crippen LogP contribution in [-0.4, -0.2) is 30.7 Å². The van der Waals surface area contributed by atoms with Gasteiger partial charge in [-0.1, -0.05) is 0 Å². The van der Waals surface area contributed by atoms with Crippen molar-refractivity contribution in [3.63, 3.8) is 0 Å². The van der Waals surface area contributed by atoms with Gasteiger partial charge in [-0.3, -0.25) is 4.98 Å². The highest BCUT2D eigenvalue weighted by Crippen LogP contribution is 2.21. The molecular formula is C13H7N5O2. The van der Waals surface area contributed by atoms with Crippen LogP contribution in [0.4, 0.5) is 0 Å². The molecule has 1 N–H and O–H groups in total. The van der Waals surface area contributed by atoms with Crippen LogP contribution in [0.1, 0.15) is 16.1 Å². The van der Waals surface area contributed by atoms with Crippen LogP contribution >= 0.6 is 0 Å². The molecule has 0 saturated carbocycles. The third-order valence-corrected chi connectivity index (χ3v) is 2.79. The van der Waals surface area contributed by atoms with E-state index in [1.165, 1.54) is 16.8 Å². The standard InChI is InChI=1S/C13H7N5O2/c14-6-9-7-16-18-11(8-1-3-15-4-2-8)5-10(13(19)20)17-12(9)18/h1-5,7H,(H,19,20).